The zero-order valence-electron chi connectivity index (χ0n) is 11.0. The van der Waals surface area contributed by atoms with Gasteiger partial charge in [0.25, 0.3) is 0 Å². The summed E-state index contributed by atoms with van der Waals surface area (Å²) in [6.07, 6.45) is 1.50. The number of aliphatic hydroxyl groups excluding tert-OH is 1. The predicted octanol–water partition coefficient (Wildman–Crippen LogP) is -0.0165. The Hall–Kier alpha value is -0.960. The molecule has 0 aromatic carbocycles. The standard InChI is InChI=1S/C5H13NO4S.C5H8O2/c1-6(2,4-3-5-7)11(8,9)10;1-3-5(6)7-4-2/h7H,3-5H2,1-2H3;3H,1,4H2,2H3/p+1. The van der Waals surface area contributed by atoms with Gasteiger partial charge in [0, 0.05) is 19.1 Å². The molecule has 0 spiro atoms. The molecule has 0 saturated carbocycles. The molecular weight excluding hydrogens is 262 g/mol. The zero-order chi connectivity index (χ0) is 14.8. The van der Waals surface area contributed by atoms with Gasteiger partial charge in [-0.15, -0.1) is 8.42 Å². The molecule has 0 unspecified atom stereocenters. The van der Waals surface area contributed by atoms with Crippen LogP contribution in [0.1, 0.15) is 13.3 Å². The number of nitrogens with zero attached hydrogens (tertiary/aromatic N) is 1. The monoisotopic (exact) mass is 284 g/mol. The van der Waals surface area contributed by atoms with E-state index in [0.717, 1.165) is 6.08 Å². The van der Waals surface area contributed by atoms with Crippen LogP contribution in [-0.2, 0) is 19.8 Å². The van der Waals surface area contributed by atoms with E-state index in [4.69, 9.17) is 9.66 Å². The van der Waals surface area contributed by atoms with Gasteiger partial charge in [-0.25, -0.2) is 9.35 Å². The van der Waals surface area contributed by atoms with Crippen LogP contribution in [0.25, 0.3) is 0 Å². The van der Waals surface area contributed by atoms with Crippen molar-refractivity contribution in [3.05, 3.63) is 12.7 Å². The number of hydrogen-bond donors (Lipinski definition) is 2. The Morgan fingerprint density at radius 2 is 1.94 bits per heavy atom. The third kappa shape index (κ3) is 9.11. The van der Waals surface area contributed by atoms with Crippen molar-refractivity contribution < 1.29 is 31.5 Å². The second-order valence-electron chi connectivity index (χ2n) is 3.78. The molecule has 18 heavy (non-hydrogen) atoms. The molecule has 2 N–H and O–H groups in total. The molecule has 0 saturated heterocycles. The first-order valence-electron chi connectivity index (χ1n) is 5.33. The van der Waals surface area contributed by atoms with Crippen molar-refractivity contribution in [2.45, 2.75) is 13.3 Å². The lowest BCUT2D eigenvalue weighted by Gasteiger charge is -2.23. The smallest absolute Gasteiger partial charge is 0.432 e. The van der Waals surface area contributed by atoms with Gasteiger partial charge in [-0.1, -0.05) is 6.58 Å². The third-order valence-corrected chi connectivity index (χ3v) is 3.36. The normalized spacial score (nSPS) is 11.2. The Kier molecular flexibility index (Phi) is 9.73. The van der Waals surface area contributed by atoms with Gasteiger partial charge in [0.1, 0.15) is 0 Å². The van der Waals surface area contributed by atoms with E-state index in [1.165, 1.54) is 14.1 Å². The molecule has 0 aromatic rings. The SMILES string of the molecule is C=CC(=O)OCC.C[N+](C)(CCCO)S(=O)(=O)O. The van der Waals surface area contributed by atoms with Crippen molar-refractivity contribution in [2.75, 3.05) is 33.9 Å². The van der Waals surface area contributed by atoms with Gasteiger partial charge in [-0.3, -0.25) is 0 Å². The molecule has 0 aliphatic heterocycles. The Labute approximate surface area is 108 Å². The lowest BCUT2D eigenvalue weighted by molar-refractivity contribution is -0.767. The highest BCUT2D eigenvalue weighted by molar-refractivity contribution is 7.80. The Morgan fingerprint density at radius 1 is 1.44 bits per heavy atom. The fourth-order valence-electron chi connectivity index (χ4n) is 0.768. The van der Waals surface area contributed by atoms with Crippen molar-refractivity contribution in [3.8, 4) is 0 Å². The molecule has 0 radical (unpaired) electrons. The summed E-state index contributed by atoms with van der Waals surface area (Å²) in [6, 6.07) is 0. The van der Waals surface area contributed by atoms with E-state index in [9.17, 15) is 13.2 Å². The Morgan fingerprint density at radius 3 is 2.17 bits per heavy atom. The minimum atomic E-state index is -4.05. The lowest BCUT2D eigenvalue weighted by atomic mass is 10.4. The summed E-state index contributed by atoms with van der Waals surface area (Å²) in [6.45, 7) is 5.51. The van der Waals surface area contributed by atoms with Crippen LogP contribution in [0.2, 0.25) is 0 Å². The molecule has 0 bridgehead atoms. The topological polar surface area (TPSA) is 101 Å². The van der Waals surface area contributed by atoms with Crippen LogP contribution >= 0.6 is 0 Å². The molecule has 0 atom stereocenters. The molecular formula is C10H22NO6S+. The first-order chi connectivity index (χ1) is 8.12. The number of hydrogen-bond acceptors (Lipinski definition) is 5. The third-order valence-electron chi connectivity index (χ3n) is 1.93. The van der Waals surface area contributed by atoms with Crippen molar-refractivity contribution >= 4 is 16.3 Å². The number of ether oxygens (including phenoxy) is 1. The maximum Gasteiger partial charge on any atom is 0.432 e. The summed E-state index contributed by atoms with van der Waals surface area (Å²) >= 11 is 0. The van der Waals surface area contributed by atoms with Crippen molar-refractivity contribution in [1.82, 2.24) is 0 Å². The van der Waals surface area contributed by atoms with E-state index in [0.29, 0.717) is 13.0 Å². The van der Waals surface area contributed by atoms with Gasteiger partial charge >= 0.3 is 16.3 Å². The number of esters is 1. The minimum Gasteiger partial charge on any atom is -0.463 e. The van der Waals surface area contributed by atoms with Crippen molar-refractivity contribution in [2.24, 2.45) is 0 Å². The van der Waals surface area contributed by atoms with Gasteiger partial charge < -0.3 is 9.84 Å². The maximum atomic E-state index is 10.6. The maximum absolute atomic E-state index is 10.6. The van der Waals surface area contributed by atoms with Crippen LogP contribution in [0.15, 0.2) is 12.7 Å². The van der Waals surface area contributed by atoms with Crippen LogP contribution in [0, 0.1) is 0 Å². The highest BCUT2D eigenvalue weighted by Crippen LogP contribution is 2.05. The molecule has 7 nitrogen and oxygen atoms in total. The van der Waals surface area contributed by atoms with Crippen LogP contribution in [0.4, 0.5) is 0 Å². The van der Waals surface area contributed by atoms with Crippen molar-refractivity contribution in [3.63, 3.8) is 0 Å². The van der Waals surface area contributed by atoms with Gasteiger partial charge in [-0.05, 0) is 6.92 Å². The van der Waals surface area contributed by atoms with Gasteiger partial charge in [0.15, 0.2) is 0 Å². The number of carbonyl (C=O) groups excluding carboxylic acids is 1. The van der Waals surface area contributed by atoms with Gasteiger partial charge in [0.2, 0.25) is 0 Å². The molecule has 0 amide bonds. The van der Waals surface area contributed by atoms with Gasteiger partial charge in [-0.2, -0.15) is 3.89 Å². The van der Waals surface area contributed by atoms with Crippen LogP contribution < -0.4 is 0 Å². The van der Waals surface area contributed by atoms with E-state index in [1.807, 2.05) is 0 Å². The average Bonchev–Trinajstić information content (AvgIpc) is 2.26. The molecule has 0 fully saturated rings. The van der Waals surface area contributed by atoms with E-state index in [2.05, 4.69) is 11.3 Å². The number of aliphatic hydroxyl groups is 1. The lowest BCUT2D eigenvalue weighted by Crippen LogP contribution is -2.45. The summed E-state index contributed by atoms with van der Waals surface area (Å²) in [5, 5.41) is 8.41. The predicted molar refractivity (Wildman–Crippen MR) is 67.1 cm³/mol. The fourth-order valence-corrected chi connectivity index (χ4v) is 1.13. The molecule has 0 rings (SSSR count). The number of carbonyl (C=O) groups is 1. The van der Waals surface area contributed by atoms with Crippen LogP contribution in [0.3, 0.4) is 0 Å². The fraction of sp³-hybridized carbons (Fsp3) is 0.700. The summed E-state index contributed by atoms with van der Waals surface area (Å²) in [4.78, 5) is 10.1. The quantitative estimate of drug-likeness (QED) is 0.308. The molecule has 8 heteroatoms. The summed E-state index contributed by atoms with van der Waals surface area (Å²) in [5.74, 6) is -0.359. The molecule has 0 aliphatic rings. The first-order valence-corrected chi connectivity index (χ1v) is 6.72. The van der Waals surface area contributed by atoms with E-state index < -0.39 is 14.2 Å². The Bertz CT molecular complexity index is 349. The minimum absolute atomic E-state index is 0.0722. The summed E-state index contributed by atoms with van der Waals surface area (Å²) < 4.78 is 33.8. The Balaban J connectivity index is 0. The van der Waals surface area contributed by atoms with Crippen LogP contribution in [-0.4, -0.2) is 61.8 Å². The molecule has 0 heterocycles. The average molecular weight is 284 g/mol. The van der Waals surface area contributed by atoms with Crippen LogP contribution in [0.5, 0.6) is 0 Å². The van der Waals surface area contributed by atoms with E-state index in [-0.39, 0.29) is 19.1 Å². The second kappa shape index (κ2) is 9.03. The molecule has 108 valence electrons. The second-order valence-corrected chi connectivity index (χ2v) is 5.66. The number of rotatable bonds is 6. The van der Waals surface area contributed by atoms with Crippen molar-refractivity contribution in [1.29, 1.82) is 0 Å². The highest BCUT2D eigenvalue weighted by Gasteiger charge is 2.29. The molecule has 0 aliphatic carbocycles. The first kappa shape index (κ1) is 19.4. The summed E-state index contributed by atoms with van der Waals surface area (Å²) in [5.41, 5.74) is 0. The van der Waals surface area contributed by atoms with Gasteiger partial charge in [0.05, 0.1) is 27.2 Å². The summed E-state index contributed by atoms with van der Waals surface area (Å²) in [7, 11) is -1.32. The zero-order valence-corrected chi connectivity index (χ0v) is 11.8. The van der Waals surface area contributed by atoms with E-state index >= 15 is 0 Å². The highest BCUT2D eigenvalue weighted by atomic mass is 32.2. The largest absolute Gasteiger partial charge is 0.463 e. The van der Waals surface area contributed by atoms with E-state index in [1.54, 1.807) is 6.92 Å². The molecule has 0 aromatic heterocycles. The number of quaternary nitrogens is 1.